The monoisotopic (exact) mass is 811 g/mol. The average molecular weight is 812 g/mol. The fraction of sp³-hybridized carbons (Fsp3) is 0.153. The van der Waals surface area contributed by atoms with Crippen LogP contribution in [-0.2, 0) is 5.41 Å². The number of para-hydroxylation sites is 1. The Hall–Kier alpha value is -7.30. The summed E-state index contributed by atoms with van der Waals surface area (Å²) in [4.78, 5) is 11.1. The largest absolute Gasteiger partial charge is 0.456 e. The number of nitrogens with zero attached hydrogens (tertiary/aromatic N) is 3. The number of rotatable bonds is 5. The first-order chi connectivity index (χ1) is 31.2. The molecule has 1 unspecified atom stereocenters. The van der Waals surface area contributed by atoms with Gasteiger partial charge in [0.05, 0.1) is 22.8 Å². The minimum atomic E-state index is -0.0812. The van der Waals surface area contributed by atoms with Crippen LogP contribution in [0.5, 0.6) is 0 Å². The molecule has 1 atom stereocenters. The zero-order valence-corrected chi connectivity index (χ0v) is 35.1. The summed E-state index contributed by atoms with van der Waals surface area (Å²) in [6, 6.07) is 66.4. The second-order valence-electron chi connectivity index (χ2n) is 17.9. The smallest absolute Gasteiger partial charge is 0.155 e. The quantitative estimate of drug-likeness (QED) is 0.171. The summed E-state index contributed by atoms with van der Waals surface area (Å²) in [5, 5.41) is 4.82. The zero-order valence-electron chi connectivity index (χ0n) is 35.1. The Morgan fingerprint density at radius 2 is 1.27 bits per heavy atom. The predicted molar refractivity (Wildman–Crippen MR) is 261 cm³/mol. The summed E-state index contributed by atoms with van der Waals surface area (Å²) < 4.78 is 9.03. The molecule has 0 radical (unpaired) electrons. The van der Waals surface area contributed by atoms with Crippen LogP contribution in [0.25, 0.3) is 71.7 Å². The van der Waals surface area contributed by atoms with E-state index in [4.69, 9.17) is 14.4 Å². The van der Waals surface area contributed by atoms with Crippen LogP contribution in [0.2, 0.25) is 0 Å². The van der Waals surface area contributed by atoms with Gasteiger partial charge in [-0.05, 0) is 125 Å². The summed E-state index contributed by atoms with van der Waals surface area (Å²) >= 11 is 0. The molecule has 1 fully saturated rings. The molecule has 4 nitrogen and oxygen atoms in total. The lowest BCUT2D eigenvalue weighted by Gasteiger charge is -2.26. The van der Waals surface area contributed by atoms with Crippen molar-refractivity contribution in [3.05, 3.63) is 210 Å². The number of benzene rings is 8. The van der Waals surface area contributed by atoms with E-state index in [1.807, 2.05) is 0 Å². The van der Waals surface area contributed by atoms with Crippen molar-refractivity contribution in [2.24, 2.45) is 9.98 Å². The van der Waals surface area contributed by atoms with Crippen LogP contribution in [0.1, 0.15) is 78.8 Å². The molecule has 2 aliphatic carbocycles. The lowest BCUT2D eigenvalue weighted by Crippen LogP contribution is -2.20. The molecule has 63 heavy (non-hydrogen) atoms. The van der Waals surface area contributed by atoms with Crippen molar-refractivity contribution >= 4 is 55.3 Å². The van der Waals surface area contributed by atoms with Crippen LogP contribution in [-0.4, -0.2) is 16.1 Å². The molecule has 3 aliphatic rings. The number of amidine groups is 1. The third-order valence-corrected chi connectivity index (χ3v) is 14.4. The van der Waals surface area contributed by atoms with E-state index < -0.39 is 0 Å². The van der Waals surface area contributed by atoms with Gasteiger partial charge in [-0.15, -0.1) is 0 Å². The first-order valence-corrected chi connectivity index (χ1v) is 22.7. The van der Waals surface area contributed by atoms with Crippen LogP contribution < -0.4 is 0 Å². The van der Waals surface area contributed by atoms with Gasteiger partial charge >= 0.3 is 0 Å². The van der Waals surface area contributed by atoms with Crippen molar-refractivity contribution in [1.29, 1.82) is 0 Å². The maximum Gasteiger partial charge on any atom is 0.155 e. The van der Waals surface area contributed by atoms with E-state index >= 15 is 0 Å². The molecule has 1 spiro atoms. The number of aliphatic imine (C=N–C) groups is 2. The van der Waals surface area contributed by atoms with Crippen molar-refractivity contribution in [1.82, 2.24) is 4.57 Å². The van der Waals surface area contributed by atoms with Gasteiger partial charge in [0.2, 0.25) is 0 Å². The van der Waals surface area contributed by atoms with E-state index in [1.165, 1.54) is 80.9 Å². The van der Waals surface area contributed by atoms with E-state index in [1.54, 1.807) is 0 Å². The molecule has 1 aliphatic heterocycles. The maximum atomic E-state index is 6.54. The van der Waals surface area contributed by atoms with Gasteiger partial charge in [-0.25, -0.2) is 4.99 Å². The van der Waals surface area contributed by atoms with Crippen LogP contribution in [0, 0.1) is 0 Å². The first-order valence-electron chi connectivity index (χ1n) is 22.7. The van der Waals surface area contributed by atoms with Crippen molar-refractivity contribution in [2.45, 2.75) is 56.4 Å². The molecular formula is C59H45N3O. The lowest BCUT2D eigenvalue weighted by molar-refractivity contribution is 0.550. The fourth-order valence-corrected chi connectivity index (χ4v) is 11.4. The molecule has 10 aromatic rings. The zero-order chi connectivity index (χ0) is 41.5. The fourth-order valence-electron chi connectivity index (χ4n) is 11.4. The summed E-state index contributed by atoms with van der Waals surface area (Å²) in [6.45, 7) is 0. The topological polar surface area (TPSA) is 42.8 Å². The number of furan rings is 1. The standard InChI is InChI=1S/C59H45N3O/c1-3-15-38(16-4-1)40-28-30-56-49(34-40)46-29-27-41(35-57(46)63-56)53-25-14-24-52(39-17-5-2-6-18-39)60-58(61-53)42-19-13-20-43(33-42)62-54-26-10-8-22-45(54)48-36-47-44-21-7-9-23-50(44)59(31-11-12-32-59)51(47)37-55(48)62/h1-10,13,15-23,26-30,33-37,53H,11-12,14,24-25,31-32H2/b60-52+,61-58-. The molecule has 3 heterocycles. The highest BCUT2D eigenvalue weighted by atomic mass is 16.3. The Kier molecular flexibility index (Phi) is 8.31. The van der Waals surface area contributed by atoms with Gasteiger partial charge in [0, 0.05) is 38.2 Å². The van der Waals surface area contributed by atoms with Crippen LogP contribution in [0.15, 0.2) is 196 Å². The van der Waals surface area contributed by atoms with Gasteiger partial charge in [0.25, 0.3) is 0 Å². The summed E-state index contributed by atoms with van der Waals surface area (Å²) in [5.41, 5.74) is 18.1. The minimum Gasteiger partial charge on any atom is -0.456 e. The van der Waals surface area contributed by atoms with Crippen molar-refractivity contribution in [2.75, 3.05) is 0 Å². The molecule has 302 valence electrons. The molecule has 0 N–H and O–H groups in total. The van der Waals surface area contributed by atoms with Crippen LogP contribution in [0.3, 0.4) is 0 Å². The van der Waals surface area contributed by atoms with Crippen molar-refractivity contribution in [3.8, 4) is 27.9 Å². The molecule has 0 saturated heterocycles. The average Bonchev–Trinajstić information content (AvgIpc) is 4.11. The van der Waals surface area contributed by atoms with E-state index in [-0.39, 0.29) is 11.5 Å². The van der Waals surface area contributed by atoms with E-state index in [2.05, 4.69) is 187 Å². The number of hydrogen-bond donors (Lipinski definition) is 0. The van der Waals surface area contributed by atoms with Gasteiger partial charge in [0.1, 0.15) is 11.2 Å². The Morgan fingerprint density at radius 3 is 2.14 bits per heavy atom. The highest BCUT2D eigenvalue weighted by Gasteiger charge is 2.45. The van der Waals surface area contributed by atoms with Crippen LogP contribution in [0.4, 0.5) is 0 Å². The molecule has 8 aromatic carbocycles. The van der Waals surface area contributed by atoms with Crippen molar-refractivity contribution < 1.29 is 4.42 Å². The molecule has 13 rings (SSSR count). The van der Waals surface area contributed by atoms with E-state index in [0.717, 1.165) is 75.1 Å². The normalized spacial score (nSPS) is 18.6. The highest BCUT2D eigenvalue weighted by Crippen LogP contribution is 2.58. The molecule has 1 saturated carbocycles. The first kappa shape index (κ1) is 36.4. The SMILES string of the molecule is c1ccc(/C2=N/C(c3cccc(-n4c5ccccc5c5cc6c(cc54)C4(CCCC4)c4ccccc4-6)c3)=N\C(c3ccc4c(c3)oc3ccc(-c5ccccc5)cc34)CCC2)cc1. The minimum absolute atomic E-state index is 0.0812. The molecule has 2 aromatic heterocycles. The van der Waals surface area contributed by atoms with Gasteiger partial charge in [-0.3, -0.25) is 4.99 Å². The Labute approximate surface area is 366 Å². The van der Waals surface area contributed by atoms with Crippen molar-refractivity contribution in [3.63, 3.8) is 0 Å². The molecule has 0 amide bonds. The summed E-state index contributed by atoms with van der Waals surface area (Å²) in [7, 11) is 0. The van der Waals surface area contributed by atoms with Gasteiger partial charge < -0.3 is 8.98 Å². The lowest BCUT2D eigenvalue weighted by atomic mass is 9.76. The molecule has 4 heteroatoms. The predicted octanol–water partition coefficient (Wildman–Crippen LogP) is 15.4. The summed E-state index contributed by atoms with van der Waals surface area (Å²) in [6.07, 6.45) is 7.71. The summed E-state index contributed by atoms with van der Waals surface area (Å²) in [5.74, 6) is 0.764. The van der Waals surface area contributed by atoms with E-state index in [9.17, 15) is 0 Å². The number of fused-ring (bicyclic) bond motifs is 11. The maximum absolute atomic E-state index is 6.54. The highest BCUT2D eigenvalue weighted by molar-refractivity contribution is 6.14. The second kappa shape index (κ2) is 14.4. The number of aromatic nitrogens is 1. The molecular weight excluding hydrogens is 767 g/mol. The second-order valence-corrected chi connectivity index (χ2v) is 17.9. The number of hydrogen-bond acceptors (Lipinski definition) is 3. The molecule has 0 bridgehead atoms. The third kappa shape index (κ3) is 5.81. The third-order valence-electron chi connectivity index (χ3n) is 14.4. The van der Waals surface area contributed by atoms with Gasteiger partial charge in [0.15, 0.2) is 5.84 Å². The van der Waals surface area contributed by atoms with Gasteiger partial charge in [-0.2, -0.15) is 0 Å². The Morgan fingerprint density at radius 1 is 0.492 bits per heavy atom. The van der Waals surface area contributed by atoms with Gasteiger partial charge in [-0.1, -0.05) is 146 Å². The Balaban J connectivity index is 0.954. The van der Waals surface area contributed by atoms with Crippen LogP contribution >= 0.6 is 0 Å². The van der Waals surface area contributed by atoms with E-state index in [0.29, 0.717) is 0 Å². The Bertz CT molecular complexity index is 3490.